The molecule has 18 heteroatoms. The van der Waals surface area contributed by atoms with Crippen molar-refractivity contribution in [2.24, 2.45) is 0 Å². The molecule has 0 aliphatic rings. The summed E-state index contributed by atoms with van der Waals surface area (Å²) in [4.78, 5) is 22.5. The minimum Gasteiger partial charge on any atom is -0.296 e. The predicted octanol–water partition coefficient (Wildman–Crippen LogP) is 1.93. The minimum atomic E-state index is -6.69. The van der Waals surface area contributed by atoms with E-state index in [0.717, 1.165) is 0 Å². The second-order valence-corrected chi connectivity index (χ2v) is 8.23. The fourth-order valence-corrected chi connectivity index (χ4v) is 2.64. The summed E-state index contributed by atoms with van der Waals surface area (Å²) in [6.07, 6.45) is 0. The van der Waals surface area contributed by atoms with Gasteiger partial charge in [-0.3, -0.25) is 37.9 Å². The van der Waals surface area contributed by atoms with Crippen LogP contribution in [-0.2, 0) is 36.8 Å². The van der Waals surface area contributed by atoms with Crippen molar-refractivity contribution in [1.82, 2.24) is 10.2 Å². The molecule has 0 rings (SSSR count). The molecular formula is C9H14F6N2O8P2. The molecule has 0 atom stereocenters. The summed E-state index contributed by atoms with van der Waals surface area (Å²) < 4.78 is 121. The van der Waals surface area contributed by atoms with Crippen LogP contribution < -0.4 is 10.2 Å². The van der Waals surface area contributed by atoms with Crippen molar-refractivity contribution in [2.45, 2.75) is 17.8 Å². The van der Waals surface area contributed by atoms with Crippen LogP contribution in [0.1, 0.15) is 0 Å². The molecule has 0 aromatic heterocycles. The summed E-state index contributed by atoms with van der Waals surface area (Å²) in [7, 11) is -7.47. The van der Waals surface area contributed by atoms with Gasteiger partial charge in [0.1, 0.15) is 0 Å². The van der Waals surface area contributed by atoms with E-state index in [9.17, 15) is 45.1 Å². The lowest BCUT2D eigenvalue weighted by atomic mass is 10.0. The normalized spacial score (nSPS) is 14.0. The van der Waals surface area contributed by atoms with Gasteiger partial charge in [0.25, 0.3) is 0 Å². The summed E-state index contributed by atoms with van der Waals surface area (Å²) in [5.74, 6) is -25.7. The van der Waals surface area contributed by atoms with Crippen molar-refractivity contribution in [3.63, 3.8) is 0 Å². The number of nitrogens with one attached hydrogen (secondary N) is 2. The summed E-state index contributed by atoms with van der Waals surface area (Å²) >= 11 is 0. The zero-order valence-electron chi connectivity index (χ0n) is 13.9. The molecule has 0 aromatic carbocycles. The Bertz CT molecular complexity index is 605. The average molecular weight is 454 g/mol. The number of hydrogen-bond acceptors (Lipinski definition) is 8. The van der Waals surface area contributed by atoms with E-state index in [1.54, 1.807) is 0 Å². The SMILES string of the molecule is COP(=O)(NC(=O)C(F)(F)C(F)(F)C(F)(F)C(=O)NP(=O)(OC)OC)OC. The van der Waals surface area contributed by atoms with Crippen molar-refractivity contribution >= 4 is 27.3 Å². The molecule has 2 N–H and O–H groups in total. The van der Waals surface area contributed by atoms with Crippen molar-refractivity contribution < 1.29 is 63.2 Å². The molecule has 0 heterocycles. The molecule has 0 unspecified atom stereocenters. The summed E-state index contributed by atoms with van der Waals surface area (Å²) in [5, 5.41) is 1.39. The summed E-state index contributed by atoms with van der Waals surface area (Å²) in [6, 6.07) is 0. The third kappa shape index (κ3) is 5.00. The monoisotopic (exact) mass is 454 g/mol. The van der Waals surface area contributed by atoms with Gasteiger partial charge in [0.15, 0.2) is 0 Å². The van der Waals surface area contributed by atoms with E-state index in [1.807, 2.05) is 0 Å². The van der Waals surface area contributed by atoms with Crippen LogP contribution in [0.15, 0.2) is 0 Å². The highest BCUT2D eigenvalue weighted by atomic mass is 31.2. The topological polar surface area (TPSA) is 129 Å². The third-order valence-electron chi connectivity index (χ3n) is 2.80. The molecule has 0 bridgehead atoms. The molecule has 2 amide bonds. The lowest BCUT2D eigenvalue weighted by Crippen LogP contribution is -2.64. The molecule has 0 saturated heterocycles. The van der Waals surface area contributed by atoms with Crippen LogP contribution in [-0.4, -0.2) is 58.0 Å². The first kappa shape index (κ1) is 25.8. The molecule has 0 radical (unpaired) electrons. The van der Waals surface area contributed by atoms with Crippen molar-refractivity contribution in [1.29, 1.82) is 0 Å². The van der Waals surface area contributed by atoms with Gasteiger partial charge >= 0.3 is 45.1 Å². The second kappa shape index (κ2) is 8.45. The average Bonchev–Trinajstić information content (AvgIpc) is 2.60. The number of hydrogen-bond donors (Lipinski definition) is 2. The van der Waals surface area contributed by atoms with Crippen molar-refractivity contribution in [3.8, 4) is 0 Å². The number of carbonyl (C=O) groups excluding carboxylic acids is 2. The van der Waals surface area contributed by atoms with Crippen LogP contribution in [0.5, 0.6) is 0 Å². The second-order valence-electron chi connectivity index (χ2n) is 4.33. The summed E-state index contributed by atoms with van der Waals surface area (Å²) in [6.45, 7) is 0. The smallest absolute Gasteiger partial charge is 0.296 e. The number of halogens is 6. The van der Waals surface area contributed by atoms with Gasteiger partial charge in [-0.1, -0.05) is 0 Å². The Kier molecular flexibility index (Phi) is 8.08. The van der Waals surface area contributed by atoms with Crippen LogP contribution in [0.4, 0.5) is 26.3 Å². The van der Waals surface area contributed by atoms with Gasteiger partial charge in [0.05, 0.1) is 0 Å². The third-order valence-corrected chi connectivity index (χ3v) is 5.67. The van der Waals surface area contributed by atoms with E-state index in [0.29, 0.717) is 38.6 Å². The Morgan fingerprint density at radius 2 is 0.889 bits per heavy atom. The van der Waals surface area contributed by atoms with E-state index in [4.69, 9.17) is 0 Å². The maximum absolute atomic E-state index is 13.7. The van der Waals surface area contributed by atoms with E-state index < -0.39 is 45.1 Å². The van der Waals surface area contributed by atoms with E-state index >= 15 is 0 Å². The predicted molar refractivity (Wildman–Crippen MR) is 74.4 cm³/mol. The molecule has 0 saturated carbocycles. The van der Waals surface area contributed by atoms with Crippen molar-refractivity contribution in [3.05, 3.63) is 0 Å². The van der Waals surface area contributed by atoms with E-state index in [-0.39, 0.29) is 0 Å². The zero-order valence-corrected chi connectivity index (χ0v) is 15.7. The van der Waals surface area contributed by atoms with Gasteiger partial charge < -0.3 is 0 Å². The number of carbonyl (C=O) groups is 2. The molecule has 27 heavy (non-hydrogen) atoms. The first-order chi connectivity index (χ1) is 12.0. The maximum atomic E-state index is 13.7. The number of alkyl halides is 6. The Balaban J connectivity index is 5.85. The van der Waals surface area contributed by atoms with Gasteiger partial charge in [-0.2, -0.15) is 26.3 Å². The van der Waals surface area contributed by atoms with Crippen LogP contribution in [0.2, 0.25) is 0 Å². The van der Waals surface area contributed by atoms with Gasteiger partial charge in [-0.25, -0.2) is 9.13 Å². The first-order valence-corrected chi connectivity index (χ1v) is 9.30. The van der Waals surface area contributed by atoms with Crippen molar-refractivity contribution in [2.75, 3.05) is 28.4 Å². The number of amides is 2. The Morgan fingerprint density at radius 3 is 1.07 bits per heavy atom. The highest BCUT2D eigenvalue weighted by molar-refractivity contribution is 7.52. The van der Waals surface area contributed by atoms with Gasteiger partial charge in [-0.05, 0) is 0 Å². The fraction of sp³-hybridized carbons (Fsp3) is 0.778. The summed E-state index contributed by atoms with van der Waals surface area (Å²) in [5.41, 5.74) is 0. The zero-order chi connectivity index (χ0) is 21.9. The largest absolute Gasteiger partial charge is 0.434 e. The fourth-order valence-electron chi connectivity index (χ4n) is 1.20. The molecular weight excluding hydrogens is 440 g/mol. The van der Waals surface area contributed by atoms with Gasteiger partial charge in [0.2, 0.25) is 0 Å². The molecule has 160 valence electrons. The Hall–Kier alpha value is -1.18. The highest BCUT2D eigenvalue weighted by Gasteiger charge is 2.78. The lowest BCUT2D eigenvalue weighted by Gasteiger charge is -2.31. The Morgan fingerprint density at radius 1 is 0.667 bits per heavy atom. The van der Waals surface area contributed by atoms with Gasteiger partial charge in [-0.15, -0.1) is 0 Å². The van der Waals surface area contributed by atoms with Crippen LogP contribution >= 0.6 is 15.5 Å². The van der Waals surface area contributed by atoms with E-state index in [1.165, 1.54) is 0 Å². The van der Waals surface area contributed by atoms with Crippen LogP contribution in [0, 0.1) is 0 Å². The highest BCUT2D eigenvalue weighted by Crippen LogP contribution is 2.50. The van der Waals surface area contributed by atoms with E-state index in [2.05, 4.69) is 18.1 Å². The van der Waals surface area contributed by atoms with Gasteiger partial charge in [0, 0.05) is 28.4 Å². The molecule has 0 fully saturated rings. The molecule has 0 aliphatic heterocycles. The molecule has 0 aliphatic carbocycles. The minimum absolute atomic E-state index is 0.565. The van der Waals surface area contributed by atoms with Crippen LogP contribution in [0.3, 0.4) is 0 Å². The standard InChI is InChI=1S/C9H14F6N2O8P2/c1-22-26(20,23-2)16-5(18)7(10,11)9(14,15)8(12,13)6(19)17-27(21,24-3)25-4/h1-4H3,(H,16,18,20)(H,17,19,21). The number of rotatable bonds is 10. The quantitative estimate of drug-likeness (QED) is 0.379. The lowest BCUT2D eigenvalue weighted by molar-refractivity contribution is -0.286. The molecule has 0 aromatic rings. The first-order valence-electron chi connectivity index (χ1n) is 6.22. The van der Waals surface area contributed by atoms with Crippen LogP contribution in [0.25, 0.3) is 0 Å². The Labute approximate surface area is 148 Å². The maximum Gasteiger partial charge on any atom is 0.434 e. The molecule has 0 spiro atoms. The molecule has 10 nitrogen and oxygen atoms in total.